The smallest absolute Gasteiger partial charge is 0.331 e. The number of amides is 3. The van der Waals surface area contributed by atoms with Gasteiger partial charge in [0.25, 0.3) is 5.91 Å². The van der Waals surface area contributed by atoms with Crippen LogP contribution in [0.4, 0.5) is 4.79 Å². The van der Waals surface area contributed by atoms with Crippen molar-refractivity contribution in [3.63, 3.8) is 0 Å². The van der Waals surface area contributed by atoms with Crippen molar-refractivity contribution in [1.82, 2.24) is 10.6 Å². The number of hydrogen-bond donors (Lipinski definition) is 2. The van der Waals surface area contributed by atoms with Crippen LogP contribution in [0.5, 0.6) is 0 Å². The fourth-order valence-electron chi connectivity index (χ4n) is 0.891. The van der Waals surface area contributed by atoms with E-state index in [1.807, 2.05) is 5.32 Å². The van der Waals surface area contributed by atoms with Gasteiger partial charge < -0.3 is 10.1 Å². The van der Waals surface area contributed by atoms with E-state index in [9.17, 15) is 14.4 Å². The first kappa shape index (κ1) is 15.9. The standard InChI is InChI=1S/C12H18N2O4/c1-4-5-6-7-11(16)18-8-10(15)14-12(17)13-9(2)3/h4-7,9H,8H2,1-3H3,(H2,13,14,15,17)/b5-4+,7-6+. The summed E-state index contributed by atoms with van der Waals surface area (Å²) in [4.78, 5) is 33.4. The third-order valence-corrected chi connectivity index (χ3v) is 1.55. The van der Waals surface area contributed by atoms with Crippen LogP contribution < -0.4 is 10.6 Å². The number of carbonyl (C=O) groups excluding carboxylic acids is 3. The number of rotatable bonds is 5. The van der Waals surface area contributed by atoms with Gasteiger partial charge in [-0.3, -0.25) is 10.1 Å². The molecular formula is C12H18N2O4. The van der Waals surface area contributed by atoms with Crippen LogP contribution in [0.3, 0.4) is 0 Å². The van der Waals surface area contributed by atoms with Gasteiger partial charge in [-0.15, -0.1) is 0 Å². The molecule has 0 bridgehead atoms. The molecule has 0 rings (SSSR count). The molecule has 100 valence electrons. The summed E-state index contributed by atoms with van der Waals surface area (Å²) in [6.45, 7) is 4.83. The van der Waals surface area contributed by atoms with Crippen molar-refractivity contribution in [2.75, 3.05) is 6.61 Å². The van der Waals surface area contributed by atoms with E-state index in [0.717, 1.165) is 0 Å². The Balaban J connectivity index is 3.90. The highest BCUT2D eigenvalue weighted by Crippen LogP contribution is 1.84. The lowest BCUT2D eigenvalue weighted by molar-refractivity contribution is -0.143. The summed E-state index contributed by atoms with van der Waals surface area (Å²) in [5, 5.41) is 4.50. The Bertz CT molecular complexity index is 359. The van der Waals surface area contributed by atoms with Crippen molar-refractivity contribution in [3.05, 3.63) is 24.3 Å². The number of imide groups is 1. The van der Waals surface area contributed by atoms with Gasteiger partial charge in [0.2, 0.25) is 0 Å². The molecule has 0 aliphatic carbocycles. The number of esters is 1. The summed E-state index contributed by atoms with van der Waals surface area (Å²) in [7, 11) is 0. The summed E-state index contributed by atoms with van der Waals surface area (Å²) >= 11 is 0. The van der Waals surface area contributed by atoms with Gasteiger partial charge in [-0.1, -0.05) is 18.2 Å². The van der Waals surface area contributed by atoms with Crippen molar-refractivity contribution in [3.8, 4) is 0 Å². The maximum absolute atomic E-state index is 11.2. The Labute approximate surface area is 106 Å². The van der Waals surface area contributed by atoms with E-state index in [1.54, 1.807) is 32.9 Å². The van der Waals surface area contributed by atoms with Crippen molar-refractivity contribution in [1.29, 1.82) is 0 Å². The van der Waals surface area contributed by atoms with E-state index in [-0.39, 0.29) is 6.04 Å². The molecule has 6 heteroatoms. The van der Waals surface area contributed by atoms with Gasteiger partial charge in [0.15, 0.2) is 6.61 Å². The zero-order valence-electron chi connectivity index (χ0n) is 10.7. The molecule has 0 aromatic rings. The van der Waals surface area contributed by atoms with Gasteiger partial charge in [-0.05, 0) is 20.8 Å². The molecule has 0 fully saturated rings. The van der Waals surface area contributed by atoms with Crippen LogP contribution >= 0.6 is 0 Å². The molecule has 0 heterocycles. The maximum Gasteiger partial charge on any atom is 0.331 e. The molecular weight excluding hydrogens is 236 g/mol. The molecule has 2 N–H and O–H groups in total. The topological polar surface area (TPSA) is 84.5 Å². The van der Waals surface area contributed by atoms with Crippen LogP contribution in [0.25, 0.3) is 0 Å². The number of ether oxygens (including phenoxy) is 1. The summed E-state index contributed by atoms with van der Waals surface area (Å²) in [6.07, 6.45) is 6.07. The van der Waals surface area contributed by atoms with E-state index in [0.29, 0.717) is 0 Å². The van der Waals surface area contributed by atoms with Gasteiger partial charge in [0, 0.05) is 12.1 Å². The first-order valence-electron chi connectivity index (χ1n) is 5.52. The molecule has 0 aliphatic rings. The molecule has 0 aromatic carbocycles. The summed E-state index contributed by atoms with van der Waals surface area (Å²) in [6, 6.07) is -0.695. The molecule has 0 radical (unpaired) electrons. The largest absolute Gasteiger partial charge is 0.452 e. The Morgan fingerprint density at radius 1 is 1.22 bits per heavy atom. The minimum absolute atomic E-state index is 0.0795. The van der Waals surface area contributed by atoms with Crippen molar-refractivity contribution in [2.45, 2.75) is 26.8 Å². The quantitative estimate of drug-likeness (QED) is 0.433. The van der Waals surface area contributed by atoms with Gasteiger partial charge in [0.05, 0.1) is 0 Å². The number of hydrogen-bond acceptors (Lipinski definition) is 4. The lowest BCUT2D eigenvalue weighted by Gasteiger charge is -2.08. The molecule has 0 aromatic heterocycles. The Morgan fingerprint density at radius 3 is 2.44 bits per heavy atom. The SMILES string of the molecule is C/C=C/C=C/C(=O)OCC(=O)NC(=O)NC(C)C. The monoisotopic (exact) mass is 254 g/mol. The maximum atomic E-state index is 11.2. The van der Waals surface area contributed by atoms with E-state index in [2.05, 4.69) is 10.1 Å². The second-order valence-electron chi connectivity index (χ2n) is 3.67. The molecule has 0 spiro atoms. The summed E-state index contributed by atoms with van der Waals surface area (Å²) < 4.78 is 4.60. The van der Waals surface area contributed by atoms with Crippen molar-refractivity contribution < 1.29 is 19.1 Å². The van der Waals surface area contributed by atoms with Gasteiger partial charge in [-0.25, -0.2) is 9.59 Å². The average Bonchev–Trinajstić information content (AvgIpc) is 2.25. The molecule has 18 heavy (non-hydrogen) atoms. The first-order chi connectivity index (χ1) is 8.45. The van der Waals surface area contributed by atoms with Crippen LogP contribution in [-0.2, 0) is 14.3 Å². The normalized spacial score (nSPS) is 10.9. The molecule has 0 aliphatic heterocycles. The van der Waals surface area contributed by atoms with Crippen molar-refractivity contribution in [2.24, 2.45) is 0 Å². The second-order valence-corrected chi connectivity index (χ2v) is 3.67. The third kappa shape index (κ3) is 9.14. The molecule has 6 nitrogen and oxygen atoms in total. The predicted octanol–water partition coefficient (Wildman–Crippen LogP) is 0.896. The number of urea groups is 1. The lowest BCUT2D eigenvalue weighted by Crippen LogP contribution is -2.43. The number of carbonyl (C=O) groups is 3. The average molecular weight is 254 g/mol. The first-order valence-corrected chi connectivity index (χ1v) is 5.52. The molecule has 0 unspecified atom stereocenters. The van der Waals surface area contributed by atoms with Gasteiger partial charge in [-0.2, -0.15) is 0 Å². The number of allylic oxidation sites excluding steroid dienone is 3. The van der Waals surface area contributed by atoms with E-state index in [4.69, 9.17) is 0 Å². The predicted molar refractivity (Wildman–Crippen MR) is 66.7 cm³/mol. The van der Waals surface area contributed by atoms with E-state index in [1.165, 1.54) is 12.2 Å². The number of nitrogens with one attached hydrogen (secondary N) is 2. The highest BCUT2D eigenvalue weighted by atomic mass is 16.5. The zero-order chi connectivity index (χ0) is 14.0. The van der Waals surface area contributed by atoms with Crippen LogP contribution in [-0.4, -0.2) is 30.6 Å². The Hall–Kier alpha value is -2.11. The van der Waals surface area contributed by atoms with Crippen molar-refractivity contribution >= 4 is 17.9 Å². The lowest BCUT2D eigenvalue weighted by atomic mass is 10.4. The summed E-state index contributed by atoms with van der Waals surface area (Å²) in [5.41, 5.74) is 0. The van der Waals surface area contributed by atoms with Crippen LogP contribution in [0.15, 0.2) is 24.3 Å². The fraction of sp³-hybridized carbons (Fsp3) is 0.417. The highest BCUT2D eigenvalue weighted by molar-refractivity contribution is 5.96. The Morgan fingerprint density at radius 2 is 1.89 bits per heavy atom. The Kier molecular flexibility index (Phi) is 7.92. The van der Waals surface area contributed by atoms with Gasteiger partial charge in [0.1, 0.15) is 0 Å². The molecule has 0 saturated carbocycles. The minimum Gasteiger partial charge on any atom is -0.452 e. The minimum atomic E-state index is -0.680. The zero-order valence-corrected chi connectivity index (χ0v) is 10.7. The molecule has 0 saturated heterocycles. The third-order valence-electron chi connectivity index (χ3n) is 1.55. The van der Waals surface area contributed by atoms with Crippen LogP contribution in [0.2, 0.25) is 0 Å². The van der Waals surface area contributed by atoms with Gasteiger partial charge >= 0.3 is 12.0 Å². The van der Waals surface area contributed by atoms with Crippen LogP contribution in [0, 0.1) is 0 Å². The molecule has 0 atom stereocenters. The summed E-state index contributed by atoms with van der Waals surface area (Å²) in [5.74, 6) is -1.33. The van der Waals surface area contributed by atoms with E-state index < -0.39 is 24.5 Å². The van der Waals surface area contributed by atoms with Crippen LogP contribution in [0.1, 0.15) is 20.8 Å². The van der Waals surface area contributed by atoms with E-state index >= 15 is 0 Å². The molecule has 3 amide bonds. The highest BCUT2D eigenvalue weighted by Gasteiger charge is 2.09. The second kappa shape index (κ2) is 8.98. The fourth-order valence-corrected chi connectivity index (χ4v) is 0.891.